The van der Waals surface area contributed by atoms with E-state index < -0.39 is 0 Å². The number of aromatic nitrogens is 2. The molecular formula is C14H23ClN2. The fraction of sp³-hybridized carbons (Fsp3) is 0.786. The molecule has 17 heavy (non-hydrogen) atoms. The highest BCUT2D eigenvalue weighted by Crippen LogP contribution is 2.32. The summed E-state index contributed by atoms with van der Waals surface area (Å²) in [6.07, 6.45) is 7.58. The molecule has 1 atom stereocenters. The highest BCUT2D eigenvalue weighted by atomic mass is 35.5. The van der Waals surface area contributed by atoms with Gasteiger partial charge in [-0.25, -0.2) is 0 Å². The summed E-state index contributed by atoms with van der Waals surface area (Å²) < 4.78 is 2.10. The second-order valence-corrected chi connectivity index (χ2v) is 5.75. The summed E-state index contributed by atoms with van der Waals surface area (Å²) in [6.45, 7) is 5.16. The second kappa shape index (κ2) is 5.90. The first kappa shape index (κ1) is 12.9. The normalized spacial score (nSPS) is 18.8. The molecule has 0 N–H and O–H groups in total. The fourth-order valence-electron chi connectivity index (χ4n) is 2.91. The van der Waals surface area contributed by atoms with Gasteiger partial charge >= 0.3 is 0 Å². The summed E-state index contributed by atoms with van der Waals surface area (Å²) in [6, 6.07) is 2.20. The van der Waals surface area contributed by atoms with Crippen molar-refractivity contribution in [3.8, 4) is 0 Å². The van der Waals surface area contributed by atoms with Crippen molar-refractivity contribution in [3.05, 3.63) is 17.5 Å². The molecule has 0 spiro atoms. The first-order valence-corrected chi connectivity index (χ1v) is 7.31. The predicted octanol–water partition coefficient (Wildman–Crippen LogP) is 3.94. The number of alkyl halides is 1. The number of halogens is 1. The van der Waals surface area contributed by atoms with Crippen LogP contribution in [0.3, 0.4) is 0 Å². The first-order valence-electron chi connectivity index (χ1n) is 6.88. The SMILES string of the molecule is CCn1nc(C)cc1CCC(Cl)C1CCCC1. The third-order valence-corrected chi connectivity index (χ3v) is 4.45. The molecule has 0 radical (unpaired) electrons. The van der Waals surface area contributed by atoms with E-state index >= 15 is 0 Å². The van der Waals surface area contributed by atoms with Gasteiger partial charge in [0.25, 0.3) is 0 Å². The van der Waals surface area contributed by atoms with E-state index in [0.717, 1.165) is 31.0 Å². The largest absolute Gasteiger partial charge is 0.270 e. The summed E-state index contributed by atoms with van der Waals surface area (Å²) >= 11 is 6.51. The highest BCUT2D eigenvalue weighted by Gasteiger charge is 2.23. The van der Waals surface area contributed by atoms with Crippen LogP contribution in [0.4, 0.5) is 0 Å². The maximum Gasteiger partial charge on any atom is 0.0596 e. The van der Waals surface area contributed by atoms with E-state index in [-0.39, 0.29) is 0 Å². The zero-order valence-electron chi connectivity index (χ0n) is 11.0. The highest BCUT2D eigenvalue weighted by molar-refractivity contribution is 6.20. The minimum absolute atomic E-state index is 0.359. The minimum atomic E-state index is 0.359. The lowest BCUT2D eigenvalue weighted by Crippen LogP contribution is -2.13. The molecule has 1 fully saturated rings. The molecule has 2 nitrogen and oxygen atoms in total. The van der Waals surface area contributed by atoms with Crippen LogP contribution >= 0.6 is 11.6 Å². The average molecular weight is 255 g/mol. The van der Waals surface area contributed by atoms with E-state index in [1.54, 1.807) is 0 Å². The standard InChI is InChI=1S/C14H23ClN2/c1-3-17-13(10-11(2)16-17)8-9-14(15)12-6-4-5-7-12/h10,12,14H,3-9H2,1-2H3. The Balaban J connectivity index is 1.87. The Morgan fingerprint density at radius 2 is 2.18 bits per heavy atom. The zero-order chi connectivity index (χ0) is 12.3. The van der Waals surface area contributed by atoms with Crippen molar-refractivity contribution < 1.29 is 0 Å². The molecule has 0 amide bonds. The molecule has 1 unspecified atom stereocenters. The summed E-state index contributed by atoms with van der Waals surface area (Å²) in [7, 11) is 0. The minimum Gasteiger partial charge on any atom is -0.270 e. The maximum absolute atomic E-state index is 6.51. The molecule has 1 saturated carbocycles. The van der Waals surface area contributed by atoms with E-state index in [0.29, 0.717) is 5.38 Å². The van der Waals surface area contributed by atoms with Gasteiger partial charge in [-0.05, 0) is 51.5 Å². The monoisotopic (exact) mass is 254 g/mol. The zero-order valence-corrected chi connectivity index (χ0v) is 11.7. The molecule has 1 aliphatic rings. The molecule has 0 aliphatic heterocycles. The number of nitrogens with zero attached hydrogens (tertiary/aromatic N) is 2. The summed E-state index contributed by atoms with van der Waals surface area (Å²) in [4.78, 5) is 0. The quantitative estimate of drug-likeness (QED) is 0.728. The summed E-state index contributed by atoms with van der Waals surface area (Å²) in [5, 5.41) is 4.84. The van der Waals surface area contributed by atoms with Gasteiger partial charge in [0.05, 0.1) is 5.69 Å². The van der Waals surface area contributed by atoms with Crippen molar-refractivity contribution in [2.24, 2.45) is 5.92 Å². The fourth-order valence-corrected chi connectivity index (χ4v) is 3.28. The molecule has 1 aromatic rings. The molecule has 1 heterocycles. The van der Waals surface area contributed by atoms with Crippen LogP contribution in [0.15, 0.2) is 6.07 Å². The third-order valence-electron chi connectivity index (χ3n) is 3.87. The Morgan fingerprint density at radius 1 is 1.47 bits per heavy atom. The molecular weight excluding hydrogens is 232 g/mol. The van der Waals surface area contributed by atoms with E-state index in [4.69, 9.17) is 11.6 Å². The van der Waals surface area contributed by atoms with Crippen LogP contribution in [0.2, 0.25) is 0 Å². The Labute approximate surface area is 109 Å². The Hall–Kier alpha value is -0.500. The van der Waals surface area contributed by atoms with Gasteiger partial charge in [-0.2, -0.15) is 5.10 Å². The second-order valence-electron chi connectivity index (χ2n) is 5.19. The van der Waals surface area contributed by atoms with Crippen molar-refractivity contribution in [2.75, 3.05) is 0 Å². The Bertz CT molecular complexity index is 353. The van der Waals surface area contributed by atoms with Crippen molar-refractivity contribution in [3.63, 3.8) is 0 Å². The van der Waals surface area contributed by atoms with Crippen LogP contribution in [0.5, 0.6) is 0 Å². The lowest BCUT2D eigenvalue weighted by atomic mass is 9.99. The van der Waals surface area contributed by atoms with Gasteiger partial charge in [0.2, 0.25) is 0 Å². The van der Waals surface area contributed by atoms with Crippen LogP contribution in [-0.2, 0) is 13.0 Å². The number of aryl methyl sites for hydroxylation is 3. The van der Waals surface area contributed by atoms with Crippen LogP contribution in [0, 0.1) is 12.8 Å². The smallest absolute Gasteiger partial charge is 0.0596 e. The van der Waals surface area contributed by atoms with Crippen molar-refractivity contribution >= 4 is 11.6 Å². The summed E-state index contributed by atoms with van der Waals surface area (Å²) in [5.41, 5.74) is 2.46. The van der Waals surface area contributed by atoms with Gasteiger partial charge < -0.3 is 0 Å². The van der Waals surface area contributed by atoms with Crippen LogP contribution < -0.4 is 0 Å². The molecule has 0 saturated heterocycles. The Morgan fingerprint density at radius 3 is 2.82 bits per heavy atom. The van der Waals surface area contributed by atoms with E-state index in [1.165, 1.54) is 31.4 Å². The van der Waals surface area contributed by atoms with Crippen molar-refractivity contribution in [1.29, 1.82) is 0 Å². The predicted molar refractivity (Wildman–Crippen MR) is 72.6 cm³/mol. The summed E-state index contributed by atoms with van der Waals surface area (Å²) in [5.74, 6) is 0.760. The maximum atomic E-state index is 6.51. The molecule has 0 aromatic carbocycles. The lowest BCUT2D eigenvalue weighted by molar-refractivity contribution is 0.484. The molecule has 2 rings (SSSR count). The van der Waals surface area contributed by atoms with Gasteiger partial charge in [-0.1, -0.05) is 12.8 Å². The van der Waals surface area contributed by atoms with E-state index in [9.17, 15) is 0 Å². The lowest BCUT2D eigenvalue weighted by Gasteiger charge is -2.16. The third kappa shape index (κ3) is 3.25. The number of hydrogen-bond acceptors (Lipinski definition) is 1. The Kier molecular flexibility index (Phi) is 4.49. The molecule has 1 aliphatic carbocycles. The van der Waals surface area contributed by atoms with Crippen LogP contribution in [-0.4, -0.2) is 15.2 Å². The van der Waals surface area contributed by atoms with Crippen molar-refractivity contribution in [2.45, 2.75) is 64.3 Å². The topological polar surface area (TPSA) is 17.8 Å². The van der Waals surface area contributed by atoms with E-state index in [1.807, 2.05) is 0 Å². The number of rotatable bonds is 5. The molecule has 1 aromatic heterocycles. The molecule has 96 valence electrons. The average Bonchev–Trinajstić information content (AvgIpc) is 2.94. The first-order chi connectivity index (χ1) is 8.20. The van der Waals surface area contributed by atoms with Gasteiger partial charge in [0, 0.05) is 17.6 Å². The van der Waals surface area contributed by atoms with Crippen LogP contribution in [0.25, 0.3) is 0 Å². The molecule has 0 bridgehead atoms. The van der Waals surface area contributed by atoms with Crippen LogP contribution in [0.1, 0.15) is 50.4 Å². The van der Waals surface area contributed by atoms with Gasteiger partial charge in [-0.3, -0.25) is 4.68 Å². The molecule has 3 heteroatoms. The number of hydrogen-bond donors (Lipinski definition) is 0. The van der Waals surface area contributed by atoms with Gasteiger partial charge in [0.15, 0.2) is 0 Å². The van der Waals surface area contributed by atoms with Crippen molar-refractivity contribution in [1.82, 2.24) is 9.78 Å². The van der Waals surface area contributed by atoms with Gasteiger partial charge in [0.1, 0.15) is 0 Å². The van der Waals surface area contributed by atoms with Gasteiger partial charge in [-0.15, -0.1) is 11.6 Å². The van der Waals surface area contributed by atoms with E-state index in [2.05, 4.69) is 29.7 Å².